The first-order valence-corrected chi connectivity index (χ1v) is 11.0. The summed E-state index contributed by atoms with van der Waals surface area (Å²) in [7, 11) is 0. The summed E-state index contributed by atoms with van der Waals surface area (Å²) in [5.41, 5.74) is 3.31. The highest BCUT2D eigenvalue weighted by Gasteiger charge is 2.20. The van der Waals surface area contributed by atoms with Crippen molar-refractivity contribution in [2.24, 2.45) is 0 Å². The monoisotopic (exact) mass is 450 g/mol. The quantitative estimate of drug-likeness (QED) is 0.454. The number of hydrogen-bond donors (Lipinski definition) is 2. The number of halogens is 1. The van der Waals surface area contributed by atoms with Crippen molar-refractivity contribution in [3.8, 4) is 0 Å². The normalized spacial score (nSPS) is 11.6. The Hall–Kier alpha value is -3.15. The zero-order chi connectivity index (χ0) is 22.8. The van der Waals surface area contributed by atoms with Crippen LogP contribution in [0.1, 0.15) is 46.4 Å². The first-order valence-electron chi connectivity index (χ1n) is 10.6. The van der Waals surface area contributed by atoms with E-state index in [-0.39, 0.29) is 18.2 Å². The maximum Gasteiger partial charge on any atom is 0.253 e. The van der Waals surface area contributed by atoms with Gasteiger partial charge >= 0.3 is 0 Å². The molecule has 0 saturated carbocycles. The van der Waals surface area contributed by atoms with Crippen LogP contribution in [0.15, 0.2) is 78.9 Å². The summed E-state index contributed by atoms with van der Waals surface area (Å²) in [5.74, 6) is -0.473. The highest BCUT2D eigenvalue weighted by Crippen LogP contribution is 2.20. The van der Waals surface area contributed by atoms with Crippen LogP contribution in [0.2, 0.25) is 5.02 Å². The van der Waals surface area contributed by atoms with E-state index in [2.05, 4.69) is 10.6 Å². The molecule has 32 heavy (non-hydrogen) atoms. The Morgan fingerprint density at radius 3 is 2.25 bits per heavy atom. The van der Waals surface area contributed by atoms with Crippen LogP contribution in [-0.2, 0) is 22.7 Å². The van der Waals surface area contributed by atoms with Crippen molar-refractivity contribution >= 4 is 23.4 Å². The molecule has 166 valence electrons. The fraction of sp³-hybridized carbons (Fsp3) is 0.231. The van der Waals surface area contributed by atoms with Crippen LogP contribution >= 0.6 is 11.6 Å². The predicted octanol–water partition coefficient (Wildman–Crippen LogP) is 5.05. The molecule has 3 aromatic rings. The van der Waals surface area contributed by atoms with Gasteiger partial charge in [-0.05, 0) is 35.7 Å². The minimum atomic E-state index is -0.478. The minimum absolute atomic E-state index is 0.114. The van der Waals surface area contributed by atoms with Crippen molar-refractivity contribution in [1.29, 1.82) is 0 Å². The van der Waals surface area contributed by atoms with Crippen molar-refractivity contribution < 1.29 is 14.3 Å². The summed E-state index contributed by atoms with van der Waals surface area (Å²) < 4.78 is 5.40. The van der Waals surface area contributed by atoms with E-state index >= 15 is 0 Å². The second-order valence-corrected chi connectivity index (χ2v) is 7.76. The van der Waals surface area contributed by atoms with Gasteiger partial charge in [-0.25, -0.2) is 0 Å². The number of benzene rings is 3. The fourth-order valence-corrected chi connectivity index (χ4v) is 3.47. The van der Waals surface area contributed by atoms with E-state index in [0.717, 1.165) is 16.7 Å². The van der Waals surface area contributed by atoms with Crippen molar-refractivity contribution in [3.05, 3.63) is 106 Å². The number of hydrogen-bond acceptors (Lipinski definition) is 3. The average Bonchev–Trinajstić information content (AvgIpc) is 2.82. The van der Waals surface area contributed by atoms with Gasteiger partial charge < -0.3 is 15.4 Å². The molecular weight excluding hydrogens is 424 g/mol. The predicted molar refractivity (Wildman–Crippen MR) is 126 cm³/mol. The molecule has 0 bridgehead atoms. The molecule has 5 nitrogen and oxygen atoms in total. The van der Waals surface area contributed by atoms with Crippen molar-refractivity contribution in [2.45, 2.75) is 32.5 Å². The van der Waals surface area contributed by atoms with E-state index in [1.54, 1.807) is 24.3 Å². The summed E-state index contributed by atoms with van der Waals surface area (Å²) in [5, 5.41) is 6.26. The number of nitrogens with one attached hydrogen (secondary N) is 2. The fourth-order valence-electron chi connectivity index (χ4n) is 3.25. The lowest BCUT2D eigenvalue weighted by molar-refractivity contribution is -0.121. The molecule has 0 fully saturated rings. The van der Waals surface area contributed by atoms with Gasteiger partial charge in [-0.2, -0.15) is 0 Å². The van der Waals surface area contributed by atoms with Gasteiger partial charge in [0.15, 0.2) is 0 Å². The van der Waals surface area contributed by atoms with Gasteiger partial charge in [0.05, 0.1) is 29.7 Å². The maximum absolute atomic E-state index is 12.8. The molecular formula is C26H27ClN2O3. The molecule has 2 amide bonds. The lowest BCUT2D eigenvalue weighted by Crippen LogP contribution is -2.33. The van der Waals surface area contributed by atoms with Crippen LogP contribution in [0.3, 0.4) is 0 Å². The van der Waals surface area contributed by atoms with Crippen LogP contribution in [0.25, 0.3) is 0 Å². The van der Waals surface area contributed by atoms with E-state index < -0.39 is 6.04 Å². The van der Waals surface area contributed by atoms with E-state index in [9.17, 15) is 9.59 Å². The molecule has 0 aromatic heterocycles. The zero-order valence-corrected chi connectivity index (χ0v) is 18.8. The molecule has 0 aliphatic heterocycles. The molecule has 6 heteroatoms. The molecule has 0 aliphatic rings. The summed E-state index contributed by atoms with van der Waals surface area (Å²) in [6.07, 6.45) is 0.114. The van der Waals surface area contributed by atoms with Crippen molar-refractivity contribution in [1.82, 2.24) is 10.6 Å². The first-order chi connectivity index (χ1) is 15.6. The SMILES string of the molecule is CCOCc1ccc(CNC(=O)CC(NC(=O)c2ccccc2Cl)c2ccccc2)cc1. The standard InChI is InChI=1S/C26H27ClN2O3/c1-2-32-18-20-14-12-19(13-15-20)17-28-25(30)16-24(21-8-4-3-5-9-21)29-26(31)22-10-6-7-11-23(22)27/h3-15,24H,2,16-18H2,1H3,(H,28,30)(H,29,31). The molecule has 0 aliphatic carbocycles. The number of carbonyl (C=O) groups excluding carboxylic acids is 2. The third-order valence-electron chi connectivity index (χ3n) is 5.00. The molecule has 2 N–H and O–H groups in total. The van der Waals surface area contributed by atoms with Gasteiger partial charge in [-0.1, -0.05) is 78.3 Å². The summed E-state index contributed by atoms with van der Waals surface area (Å²) >= 11 is 6.16. The molecule has 0 radical (unpaired) electrons. The van der Waals surface area contributed by atoms with Crippen LogP contribution in [0, 0.1) is 0 Å². The molecule has 0 saturated heterocycles. The smallest absolute Gasteiger partial charge is 0.253 e. The largest absolute Gasteiger partial charge is 0.377 e. The summed E-state index contributed by atoms with van der Waals surface area (Å²) in [6, 6.07) is 23.7. The highest BCUT2D eigenvalue weighted by molar-refractivity contribution is 6.33. The summed E-state index contributed by atoms with van der Waals surface area (Å²) in [4.78, 5) is 25.5. The van der Waals surface area contributed by atoms with E-state index in [1.807, 2.05) is 61.5 Å². The summed E-state index contributed by atoms with van der Waals surface area (Å²) in [6.45, 7) is 3.62. The molecule has 0 heterocycles. The van der Waals surface area contributed by atoms with Crippen molar-refractivity contribution in [2.75, 3.05) is 6.61 Å². The maximum atomic E-state index is 12.8. The van der Waals surface area contributed by atoms with Gasteiger partial charge in [-0.3, -0.25) is 9.59 Å². The Morgan fingerprint density at radius 2 is 1.56 bits per heavy atom. The Bertz CT molecular complexity index is 1020. The number of rotatable bonds is 10. The van der Waals surface area contributed by atoms with Crippen LogP contribution < -0.4 is 10.6 Å². The number of amides is 2. The zero-order valence-electron chi connectivity index (χ0n) is 18.0. The number of ether oxygens (including phenoxy) is 1. The van der Waals surface area contributed by atoms with E-state index in [0.29, 0.717) is 30.3 Å². The molecule has 1 unspecified atom stereocenters. The molecule has 3 rings (SSSR count). The second-order valence-electron chi connectivity index (χ2n) is 7.35. The van der Waals surface area contributed by atoms with E-state index in [1.165, 1.54) is 0 Å². The highest BCUT2D eigenvalue weighted by atomic mass is 35.5. The Labute approximate surface area is 193 Å². The van der Waals surface area contributed by atoms with Crippen LogP contribution in [0.5, 0.6) is 0 Å². The van der Waals surface area contributed by atoms with Gasteiger partial charge in [0, 0.05) is 13.2 Å². The van der Waals surface area contributed by atoms with E-state index in [4.69, 9.17) is 16.3 Å². The van der Waals surface area contributed by atoms with Crippen LogP contribution in [0.4, 0.5) is 0 Å². The lowest BCUT2D eigenvalue weighted by atomic mass is 10.0. The topological polar surface area (TPSA) is 67.4 Å². The molecule has 0 spiro atoms. The van der Waals surface area contributed by atoms with Gasteiger partial charge in [0.25, 0.3) is 5.91 Å². The van der Waals surface area contributed by atoms with Gasteiger partial charge in [0.1, 0.15) is 0 Å². The third-order valence-corrected chi connectivity index (χ3v) is 5.33. The molecule has 3 aromatic carbocycles. The minimum Gasteiger partial charge on any atom is -0.377 e. The van der Waals surface area contributed by atoms with Crippen molar-refractivity contribution in [3.63, 3.8) is 0 Å². The molecule has 1 atom stereocenters. The second kappa shape index (κ2) is 12.0. The van der Waals surface area contributed by atoms with Gasteiger partial charge in [-0.15, -0.1) is 0 Å². The lowest BCUT2D eigenvalue weighted by Gasteiger charge is -2.19. The first kappa shape index (κ1) is 23.5. The average molecular weight is 451 g/mol. The number of carbonyl (C=O) groups is 2. The Morgan fingerprint density at radius 1 is 0.906 bits per heavy atom. The van der Waals surface area contributed by atoms with Gasteiger partial charge in [0.2, 0.25) is 5.91 Å². The third kappa shape index (κ3) is 6.94. The van der Waals surface area contributed by atoms with Crippen LogP contribution in [-0.4, -0.2) is 18.4 Å². The Kier molecular flexibility index (Phi) is 8.84. The Balaban J connectivity index is 1.62.